The molecule has 0 spiro atoms. The number of rotatable bonds is 14. The molecule has 1 aromatic carbocycles. The van der Waals surface area contributed by atoms with Crippen LogP contribution in [-0.2, 0) is 0 Å². The third-order valence-electron chi connectivity index (χ3n) is 6.73. The molecule has 0 heteroatoms. The van der Waals surface area contributed by atoms with Crippen LogP contribution < -0.4 is 0 Å². The lowest BCUT2D eigenvalue weighted by Gasteiger charge is -2.36. The predicted molar refractivity (Wildman–Crippen MR) is 123 cm³/mol. The summed E-state index contributed by atoms with van der Waals surface area (Å²) < 4.78 is 0. The normalized spacial score (nSPS) is 13.9. The highest BCUT2D eigenvalue weighted by Gasteiger charge is 2.30. The van der Waals surface area contributed by atoms with Crippen molar-refractivity contribution >= 4 is 0 Å². The molecule has 0 aliphatic rings. The first-order chi connectivity index (χ1) is 12.7. The van der Waals surface area contributed by atoms with Crippen molar-refractivity contribution in [3.05, 3.63) is 35.9 Å². The fraction of sp³-hybridized carbons (Fsp3) is 0.778. The number of unbranched alkanes of at least 4 members (excludes halogenated alkanes) is 5. The Bertz CT molecular complexity index is 480. The lowest BCUT2D eigenvalue weighted by Crippen LogP contribution is -2.24. The first-order valence-electron chi connectivity index (χ1n) is 11.7. The monoisotopic (exact) mass is 372 g/mol. The van der Waals surface area contributed by atoms with Crippen LogP contribution in [0.5, 0.6) is 0 Å². The Morgan fingerprint density at radius 2 is 1.26 bits per heavy atom. The van der Waals surface area contributed by atoms with Gasteiger partial charge >= 0.3 is 0 Å². The molecule has 0 fully saturated rings. The quantitative estimate of drug-likeness (QED) is 0.285. The highest BCUT2D eigenvalue weighted by molar-refractivity contribution is 5.21. The van der Waals surface area contributed by atoms with Crippen molar-refractivity contribution in [1.29, 1.82) is 0 Å². The van der Waals surface area contributed by atoms with Gasteiger partial charge in [-0.25, -0.2) is 0 Å². The molecule has 27 heavy (non-hydrogen) atoms. The van der Waals surface area contributed by atoms with Crippen molar-refractivity contribution in [3.63, 3.8) is 0 Å². The van der Waals surface area contributed by atoms with Gasteiger partial charge in [-0.05, 0) is 47.5 Å². The van der Waals surface area contributed by atoms with Crippen LogP contribution in [0, 0.1) is 16.7 Å². The molecule has 0 amide bonds. The lowest BCUT2D eigenvalue weighted by molar-refractivity contribution is 0.224. The van der Waals surface area contributed by atoms with Gasteiger partial charge in [-0.15, -0.1) is 0 Å². The predicted octanol–water partition coefficient (Wildman–Crippen LogP) is 9.40. The van der Waals surface area contributed by atoms with Gasteiger partial charge in [-0.3, -0.25) is 0 Å². The van der Waals surface area contributed by atoms with Crippen molar-refractivity contribution in [2.45, 2.75) is 119 Å². The van der Waals surface area contributed by atoms with E-state index in [1.165, 1.54) is 69.8 Å². The molecule has 0 radical (unpaired) electrons. The van der Waals surface area contributed by atoms with Crippen molar-refractivity contribution < 1.29 is 0 Å². The summed E-state index contributed by atoms with van der Waals surface area (Å²) in [6, 6.07) is 11.2. The Labute approximate surface area is 171 Å². The van der Waals surface area contributed by atoms with Gasteiger partial charge in [0.15, 0.2) is 0 Å². The molecule has 0 saturated heterocycles. The van der Waals surface area contributed by atoms with Gasteiger partial charge in [0, 0.05) is 0 Å². The topological polar surface area (TPSA) is 0 Å². The van der Waals surface area contributed by atoms with Crippen molar-refractivity contribution in [3.8, 4) is 0 Å². The van der Waals surface area contributed by atoms with Gasteiger partial charge in [0.2, 0.25) is 0 Å². The largest absolute Gasteiger partial charge is 0.0649 e. The van der Waals surface area contributed by atoms with Crippen molar-refractivity contribution in [2.75, 3.05) is 0 Å². The molecule has 1 unspecified atom stereocenters. The highest BCUT2D eigenvalue weighted by Crippen LogP contribution is 2.43. The molecule has 1 rings (SSSR count). The van der Waals surface area contributed by atoms with Gasteiger partial charge in [0.1, 0.15) is 0 Å². The summed E-state index contributed by atoms with van der Waals surface area (Å²) in [4.78, 5) is 0. The van der Waals surface area contributed by atoms with Crippen molar-refractivity contribution in [2.24, 2.45) is 16.7 Å². The minimum absolute atomic E-state index is 0.386. The standard InChI is InChI=1S/C27H48/c1-8-26(4,5)20-16-11-9-10-12-17-21-27(6,7)25(22-23(2)3)24-18-14-13-15-19-24/h13-15,18-19,23,25H,8-12,16-17,20-22H2,1-7H3. The van der Waals surface area contributed by atoms with Crippen LogP contribution in [0.3, 0.4) is 0 Å². The Balaban J connectivity index is 2.36. The first kappa shape index (κ1) is 24.3. The Morgan fingerprint density at radius 1 is 0.741 bits per heavy atom. The average molecular weight is 373 g/mol. The van der Waals surface area contributed by atoms with Gasteiger partial charge in [-0.1, -0.05) is 124 Å². The molecule has 0 nitrogen and oxygen atoms in total. The number of hydrogen-bond donors (Lipinski definition) is 0. The number of benzene rings is 1. The van der Waals surface area contributed by atoms with E-state index in [1.54, 1.807) is 0 Å². The van der Waals surface area contributed by atoms with Gasteiger partial charge < -0.3 is 0 Å². The summed E-state index contributed by atoms with van der Waals surface area (Å²) in [5.74, 6) is 1.43. The minimum atomic E-state index is 0.386. The number of hydrogen-bond acceptors (Lipinski definition) is 0. The summed E-state index contributed by atoms with van der Waals surface area (Å²) in [7, 11) is 0. The average Bonchev–Trinajstić information content (AvgIpc) is 2.62. The minimum Gasteiger partial charge on any atom is -0.0649 e. The molecule has 0 bridgehead atoms. The van der Waals surface area contributed by atoms with Crippen LogP contribution in [0.25, 0.3) is 0 Å². The van der Waals surface area contributed by atoms with E-state index in [-0.39, 0.29) is 0 Å². The van der Waals surface area contributed by atoms with Crippen LogP contribution >= 0.6 is 0 Å². The van der Waals surface area contributed by atoms with E-state index in [4.69, 9.17) is 0 Å². The van der Waals surface area contributed by atoms with Crippen LogP contribution in [0.15, 0.2) is 30.3 Å². The van der Waals surface area contributed by atoms with E-state index in [9.17, 15) is 0 Å². The first-order valence-corrected chi connectivity index (χ1v) is 11.7. The van der Waals surface area contributed by atoms with Crippen molar-refractivity contribution in [1.82, 2.24) is 0 Å². The Kier molecular flexibility index (Phi) is 10.7. The molecule has 0 aliphatic carbocycles. The Morgan fingerprint density at radius 3 is 1.78 bits per heavy atom. The van der Waals surface area contributed by atoms with Crippen LogP contribution in [-0.4, -0.2) is 0 Å². The van der Waals surface area contributed by atoms with Gasteiger partial charge in [0.25, 0.3) is 0 Å². The van der Waals surface area contributed by atoms with Gasteiger partial charge in [-0.2, -0.15) is 0 Å². The zero-order valence-corrected chi connectivity index (χ0v) is 19.6. The second kappa shape index (κ2) is 11.9. The molecular formula is C27H48. The van der Waals surface area contributed by atoms with E-state index in [0.29, 0.717) is 16.7 Å². The van der Waals surface area contributed by atoms with Gasteiger partial charge in [0.05, 0.1) is 0 Å². The zero-order valence-electron chi connectivity index (χ0n) is 19.6. The van der Waals surface area contributed by atoms with E-state index in [0.717, 1.165) is 5.92 Å². The molecule has 1 aromatic rings. The SMILES string of the molecule is CCC(C)(C)CCCCCCCCC(C)(C)C(CC(C)C)c1ccccc1. The van der Waals surface area contributed by atoms with Crippen LogP contribution in [0.4, 0.5) is 0 Å². The molecular weight excluding hydrogens is 324 g/mol. The smallest absolute Gasteiger partial charge is 0.0108 e. The molecule has 0 N–H and O–H groups in total. The van der Waals surface area contributed by atoms with Crippen LogP contribution in [0.1, 0.15) is 124 Å². The lowest BCUT2D eigenvalue weighted by atomic mass is 9.68. The summed E-state index contributed by atoms with van der Waals surface area (Å²) in [6.07, 6.45) is 13.8. The fourth-order valence-electron chi connectivity index (χ4n) is 4.31. The highest BCUT2D eigenvalue weighted by atomic mass is 14.3. The molecule has 156 valence electrons. The fourth-order valence-corrected chi connectivity index (χ4v) is 4.31. The summed E-state index contributed by atoms with van der Waals surface area (Å²) >= 11 is 0. The third kappa shape index (κ3) is 9.82. The summed E-state index contributed by atoms with van der Waals surface area (Å²) in [5, 5.41) is 0. The second-order valence-electron chi connectivity index (χ2n) is 10.7. The molecule has 1 atom stereocenters. The maximum atomic E-state index is 2.50. The van der Waals surface area contributed by atoms with E-state index in [2.05, 4.69) is 78.8 Å². The van der Waals surface area contributed by atoms with E-state index >= 15 is 0 Å². The summed E-state index contributed by atoms with van der Waals surface area (Å²) in [6.45, 7) is 16.9. The summed E-state index contributed by atoms with van der Waals surface area (Å²) in [5.41, 5.74) is 2.47. The second-order valence-corrected chi connectivity index (χ2v) is 10.7. The zero-order chi connectivity index (χ0) is 20.3. The maximum absolute atomic E-state index is 2.50. The maximum Gasteiger partial charge on any atom is -0.0108 e. The Hall–Kier alpha value is -0.780. The van der Waals surface area contributed by atoms with Crippen LogP contribution in [0.2, 0.25) is 0 Å². The molecule has 0 aliphatic heterocycles. The molecule has 0 heterocycles. The molecule has 0 saturated carbocycles. The molecule has 0 aromatic heterocycles. The third-order valence-corrected chi connectivity index (χ3v) is 6.73. The van der Waals surface area contributed by atoms with E-state index in [1.807, 2.05) is 0 Å². The van der Waals surface area contributed by atoms with E-state index < -0.39 is 0 Å².